The molecule has 2 heterocycles. The Morgan fingerprint density at radius 2 is 1.87 bits per heavy atom. The predicted octanol–water partition coefficient (Wildman–Crippen LogP) is 3.53. The highest BCUT2D eigenvalue weighted by molar-refractivity contribution is 6.06. The number of nitrogens with zero attached hydrogens (tertiary/aromatic N) is 3. The molecule has 0 radical (unpaired) electrons. The van der Waals surface area contributed by atoms with Gasteiger partial charge in [-0.1, -0.05) is 29.8 Å². The Morgan fingerprint density at radius 1 is 1.10 bits per heavy atom. The van der Waals surface area contributed by atoms with Crippen molar-refractivity contribution < 1.29 is 14.3 Å². The van der Waals surface area contributed by atoms with Crippen molar-refractivity contribution in [2.75, 3.05) is 24.9 Å². The van der Waals surface area contributed by atoms with Gasteiger partial charge in [0, 0.05) is 11.8 Å². The molecule has 1 amide bonds. The van der Waals surface area contributed by atoms with E-state index in [1.807, 2.05) is 38.1 Å². The Bertz CT molecular complexity index is 1120. The van der Waals surface area contributed by atoms with Crippen LogP contribution in [0.25, 0.3) is 0 Å². The van der Waals surface area contributed by atoms with E-state index in [2.05, 4.69) is 20.7 Å². The van der Waals surface area contributed by atoms with Gasteiger partial charge in [0.1, 0.15) is 23.9 Å². The SMILES string of the molecule is COc1ccc(NC(=O)C2=C(C)Nc3ncnn3C2c2ccc(C)cc2)c(OC)c1. The van der Waals surface area contributed by atoms with Gasteiger partial charge in [-0.3, -0.25) is 4.79 Å². The molecule has 0 saturated heterocycles. The van der Waals surface area contributed by atoms with Crippen LogP contribution in [-0.4, -0.2) is 34.9 Å². The van der Waals surface area contributed by atoms with E-state index in [0.717, 1.165) is 11.1 Å². The molecule has 0 saturated carbocycles. The molecule has 1 aliphatic rings. The lowest BCUT2D eigenvalue weighted by Crippen LogP contribution is -2.31. The molecule has 2 aromatic carbocycles. The average molecular weight is 405 g/mol. The van der Waals surface area contributed by atoms with Crippen LogP contribution in [0, 0.1) is 6.92 Å². The first-order valence-electron chi connectivity index (χ1n) is 9.49. The summed E-state index contributed by atoms with van der Waals surface area (Å²) < 4.78 is 12.4. The average Bonchev–Trinajstić information content (AvgIpc) is 3.21. The van der Waals surface area contributed by atoms with Crippen LogP contribution >= 0.6 is 0 Å². The third-order valence-corrected chi connectivity index (χ3v) is 5.09. The van der Waals surface area contributed by atoms with Gasteiger partial charge in [0.05, 0.1) is 25.5 Å². The molecular weight excluding hydrogens is 382 g/mol. The van der Waals surface area contributed by atoms with E-state index >= 15 is 0 Å². The summed E-state index contributed by atoms with van der Waals surface area (Å²) in [7, 11) is 3.13. The van der Waals surface area contributed by atoms with Gasteiger partial charge in [-0.2, -0.15) is 10.1 Å². The molecule has 3 aromatic rings. The number of carbonyl (C=O) groups excluding carboxylic acids is 1. The highest BCUT2D eigenvalue weighted by Crippen LogP contribution is 2.36. The van der Waals surface area contributed by atoms with E-state index in [9.17, 15) is 4.79 Å². The monoisotopic (exact) mass is 405 g/mol. The molecule has 2 N–H and O–H groups in total. The number of allylic oxidation sites excluding steroid dienone is 1. The standard InChI is InChI=1S/C22H23N5O3/c1-13-5-7-15(8-6-13)20-19(14(2)25-22-23-12-24-27(20)22)21(28)26-17-10-9-16(29-3)11-18(17)30-4/h5-12,20H,1-4H3,(H,26,28)(H,23,24,25). The quantitative estimate of drug-likeness (QED) is 0.675. The van der Waals surface area contributed by atoms with Crippen LogP contribution in [0.15, 0.2) is 60.1 Å². The number of hydrogen-bond acceptors (Lipinski definition) is 6. The van der Waals surface area contributed by atoms with Crippen molar-refractivity contribution >= 4 is 17.5 Å². The Labute approximate surface area is 174 Å². The van der Waals surface area contributed by atoms with Crippen LogP contribution in [0.2, 0.25) is 0 Å². The van der Waals surface area contributed by atoms with Crippen molar-refractivity contribution in [3.63, 3.8) is 0 Å². The minimum absolute atomic E-state index is 0.254. The molecule has 0 fully saturated rings. The number of aromatic nitrogens is 3. The molecular formula is C22H23N5O3. The number of anilines is 2. The number of amides is 1. The number of aryl methyl sites for hydroxylation is 1. The third kappa shape index (κ3) is 3.47. The molecule has 8 heteroatoms. The summed E-state index contributed by atoms with van der Waals surface area (Å²) in [6.45, 7) is 3.89. The van der Waals surface area contributed by atoms with E-state index in [4.69, 9.17) is 9.47 Å². The molecule has 0 bridgehead atoms. The molecule has 0 spiro atoms. The van der Waals surface area contributed by atoms with Crippen molar-refractivity contribution in [3.05, 3.63) is 71.2 Å². The van der Waals surface area contributed by atoms with Crippen molar-refractivity contribution in [3.8, 4) is 11.5 Å². The summed E-state index contributed by atoms with van der Waals surface area (Å²) in [6, 6.07) is 12.9. The second-order valence-electron chi connectivity index (χ2n) is 7.03. The molecule has 1 unspecified atom stereocenters. The fraction of sp³-hybridized carbons (Fsp3) is 0.227. The lowest BCUT2D eigenvalue weighted by molar-refractivity contribution is -0.113. The van der Waals surface area contributed by atoms with Crippen molar-refractivity contribution in [1.82, 2.24) is 14.8 Å². The molecule has 1 aliphatic heterocycles. The summed E-state index contributed by atoms with van der Waals surface area (Å²) in [5, 5.41) is 10.5. The number of ether oxygens (including phenoxy) is 2. The highest BCUT2D eigenvalue weighted by atomic mass is 16.5. The van der Waals surface area contributed by atoms with Crippen LogP contribution < -0.4 is 20.1 Å². The van der Waals surface area contributed by atoms with E-state index in [1.165, 1.54) is 6.33 Å². The Kier molecular flexibility index (Phi) is 5.14. The van der Waals surface area contributed by atoms with Crippen LogP contribution in [0.3, 0.4) is 0 Å². The zero-order valence-corrected chi connectivity index (χ0v) is 17.3. The minimum atomic E-state index is -0.409. The van der Waals surface area contributed by atoms with Gasteiger partial charge >= 0.3 is 0 Å². The first kappa shape index (κ1) is 19.5. The second-order valence-corrected chi connectivity index (χ2v) is 7.03. The van der Waals surface area contributed by atoms with Gasteiger partial charge in [0.2, 0.25) is 5.95 Å². The topological polar surface area (TPSA) is 90.3 Å². The number of methoxy groups -OCH3 is 2. The fourth-order valence-corrected chi connectivity index (χ4v) is 3.53. The fourth-order valence-electron chi connectivity index (χ4n) is 3.53. The van der Waals surface area contributed by atoms with Gasteiger partial charge in [-0.05, 0) is 31.5 Å². The molecule has 30 heavy (non-hydrogen) atoms. The summed E-state index contributed by atoms with van der Waals surface area (Å²) >= 11 is 0. The Balaban J connectivity index is 1.74. The maximum Gasteiger partial charge on any atom is 0.255 e. The van der Waals surface area contributed by atoms with Crippen molar-refractivity contribution in [1.29, 1.82) is 0 Å². The van der Waals surface area contributed by atoms with E-state index < -0.39 is 6.04 Å². The molecule has 0 aliphatic carbocycles. The molecule has 4 rings (SSSR count). The van der Waals surface area contributed by atoms with Crippen LogP contribution in [-0.2, 0) is 4.79 Å². The normalized spacial score (nSPS) is 15.3. The van der Waals surface area contributed by atoms with Gasteiger partial charge in [0.25, 0.3) is 5.91 Å². The summed E-state index contributed by atoms with van der Waals surface area (Å²) in [4.78, 5) is 17.7. The zero-order chi connectivity index (χ0) is 21.3. The number of carbonyl (C=O) groups is 1. The lowest BCUT2D eigenvalue weighted by atomic mass is 9.94. The molecule has 154 valence electrons. The lowest BCUT2D eigenvalue weighted by Gasteiger charge is -2.29. The third-order valence-electron chi connectivity index (χ3n) is 5.09. The van der Waals surface area contributed by atoms with E-state index in [1.54, 1.807) is 37.1 Å². The van der Waals surface area contributed by atoms with Crippen LogP contribution in [0.1, 0.15) is 24.1 Å². The van der Waals surface area contributed by atoms with Crippen molar-refractivity contribution in [2.45, 2.75) is 19.9 Å². The number of hydrogen-bond donors (Lipinski definition) is 2. The first-order valence-corrected chi connectivity index (χ1v) is 9.49. The highest BCUT2D eigenvalue weighted by Gasteiger charge is 2.33. The van der Waals surface area contributed by atoms with Gasteiger partial charge in [0.15, 0.2) is 0 Å². The number of rotatable bonds is 5. The molecule has 1 atom stereocenters. The Hall–Kier alpha value is -3.81. The van der Waals surface area contributed by atoms with E-state index in [-0.39, 0.29) is 5.91 Å². The molecule has 8 nitrogen and oxygen atoms in total. The van der Waals surface area contributed by atoms with Gasteiger partial charge in [-0.15, -0.1) is 0 Å². The minimum Gasteiger partial charge on any atom is -0.497 e. The second kappa shape index (κ2) is 7.90. The largest absolute Gasteiger partial charge is 0.497 e. The summed E-state index contributed by atoms with van der Waals surface area (Å²) in [6.07, 6.45) is 1.48. The number of nitrogens with one attached hydrogen (secondary N) is 2. The smallest absolute Gasteiger partial charge is 0.255 e. The van der Waals surface area contributed by atoms with Crippen LogP contribution in [0.5, 0.6) is 11.5 Å². The first-order chi connectivity index (χ1) is 14.5. The number of fused-ring (bicyclic) bond motifs is 1. The number of benzene rings is 2. The predicted molar refractivity (Wildman–Crippen MR) is 114 cm³/mol. The maximum absolute atomic E-state index is 13.4. The maximum atomic E-state index is 13.4. The molecule has 1 aromatic heterocycles. The van der Waals surface area contributed by atoms with Crippen molar-refractivity contribution in [2.24, 2.45) is 0 Å². The Morgan fingerprint density at radius 3 is 2.57 bits per heavy atom. The summed E-state index contributed by atoms with van der Waals surface area (Å²) in [5.41, 5.74) is 3.90. The van der Waals surface area contributed by atoms with Gasteiger partial charge in [-0.25, -0.2) is 4.68 Å². The van der Waals surface area contributed by atoms with Crippen LogP contribution in [0.4, 0.5) is 11.6 Å². The summed E-state index contributed by atoms with van der Waals surface area (Å²) in [5.74, 6) is 1.49. The van der Waals surface area contributed by atoms with Gasteiger partial charge < -0.3 is 20.1 Å². The zero-order valence-electron chi connectivity index (χ0n) is 17.3. The van der Waals surface area contributed by atoms with E-state index in [0.29, 0.717) is 34.4 Å².